The second-order valence-electron chi connectivity index (χ2n) is 2.40. The molecule has 0 spiro atoms. The van der Waals surface area contributed by atoms with Gasteiger partial charge in [0.2, 0.25) is 0 Å². The molecular weight excluding hydrogens is 208 g/mol. The summed E-state index contributed by atoms with van der Waals surface area (Å²) in [6, 6.07) is 0. The summed E-state index contributed by atoms with van der Waals surface area (Å²) in [6.45, 7) is 1.38. The summed E-state index contributed by atoms with van der Waals surface area (Å²) >= 11 is 4.99. The van der Waals surface area contributed by atoms with Crippen LogP contribution in [0.1, 0.15) is 12.5 Å². The first kappa shape index (κ1) is 10.3. The van der Waals surface area contributed by atoms with Crippen LogP contribution in [0.2, 0.25) is 5.02 Å². The lowest BCUT2D eigenvalue weighted by atomic mass is 10.1. The van der Waals surface area contributed by atoms with Gasteiger partial charge in [0.15, 0.2) is 23.3 Å². The van der Waals surface area contributed by atoms with Crippen LogP contribution in [0.15, 0.2) is 0 Å². The highest BCUT2D eigenvalue weighted by Gasteiger charge is 2.22. The highest BCUT2D eigenvalue weighted by molar-refractivity contribution is 6.30. The molecule has 0 saturated heterocycles. The Bertz CT molecular complexity index is 319. The van der Waals surface area contributed by atoms with E-state index in [-0.39, 0.29) is 6.42 Å². The fraction of sp³-hybridized carbons (Fsp3) is 0.250. The molecule has 13 heavy (non-hydrogen) atoms. The van der Waals surface area contributed by atoms with E-state index in [0.717, 1.165) is 0 Å². The summed E-state index contributed by atoms with van der Waals surface area (Å²) in [7, 11) is 0. The number of hydrogen-bond donors (Lipinski definition) is 0. The third-order valence-corrected chi connectivity index (χ3v) is 1.99. The van der Waals surface area contributed by atoms with E-state index in [4.69, 9.17) is 11.6 Å². The number of hydrogen-bond acceptors (Lipinski definition) is 0. The van der Waals surface area contributed by atoms with E-state index in [1.807, 2.05) is 0 Å². The largest absolute Gasteiger partial charge is 0.203 e. The molecule has 0 fully saturated rings. The Morgan fingerprint density at radius 1 is 0.923 bits per heavy atom. The van der Waals surface area contributed by atoms with E-state index < -0.39 is 33.9 Å². The second-order valence-corrected chi connectivity index (χ2v) is 2.78. The quantitative estimate of drug-likeness (QED) is 0.380. The van der Waals surface area contributed by atoms with Crippen LogP contribution >= 0.6 is 11.6 Å². The van der Waals surface area contributed by atoms with E-state index >= 15 is 0 Å². The molecule has 0 bridgehead atoms. The van der Waals surface area contributed by atoms with Crippen molar-refractivity contribution in [3.8, 4) is 0 Å². The molecule has 0 atom stereocenters. The molecule has 5 heteroatoms. The van der Waals surface area contributed by atoms with Gasteiger partial charge in [0.1, 0.15) is 5.02 Å². The molecule has 0 aliphatic rings. The number of halogens is 5. The van der Waals surface area contributed by atoms with Crippen molar-refractivity contribution in [2.45, 2.75) is 13.3 Å². The van der Waals surface area contributed by atoms with Gasteiger partial charge in [0.05, 0.1) is 0 Å². The Balaban J connectivity index is 3.56. The Morgan fingerprint density at radius 3 is 1.62 bits per heavy atom. The van der Waals surface area contributed by atoms with Crippen molar-refractivity contribution in [3.63, 3.8) is 0 Å². The molecule has 1 rings (SSSR count). The predicted molar refractivity (Wildman–Crippen MR) is 40.7 cm³/mol. The Kier molecular flexibility index (Phi) is 2.81. The minimum Gasteiger partial charge on any atom is -0.203 e. The molecule has 0 heterocycles. The summed E-state index contributed by atoms with van der Waals surface area (Å²) in [4.78, 5) is 0. The first-order valence-electron chi connectivity index (χ1n) is 3.51. The van der Waals surface area contributed by atoms with Gasteiger partial charge in [-0.3, -0.25) is 0 Å². The van der Waals surface area contributed by atoms with Gasteiger partial charge in [-0.2, -0.15) is 0 Å². The monoisotopic (exact) mass is 212 g/mol. The van der Waals surface area contributed by atoms with E-state index in [9.17, 15) is 17.6 Å². The van der Waals surface area contributed by atoms with Crippen molar-refractivity contribution in [1.29, 1.82) is 0 Å². The lowest BCUT2D eigenvalue weighted by Gasteiger charge is -2.05. The van der Waals surface area contributed by atoms with Gasteiger partial charge in [0, 0.05) is 5.56 Å². The normalized spacial score (nSPS) is 10.6. The maximum Gasteiger partial charge on any atom is 0.180 e. The van der Waals surface area contributed by atoms with E-state index in [2.05, 4.69) is 0 Å². The Labute approximate surface area is 77.1 Å². The van der Waals surface area contributed by atoms with Crippen molar-refractivity contribution in [3.05, 3.63) is 33.9 Å². The average Bonchev–Trinajstić information content (AvgIpc) is 2.13. The number of benzene rings is 1. The molecule has 1 aromatic carbocycles. The van der Waals surface area contributed by atoms with Crippen LogP contribution in [0.25, 0.3) is 0 Å². The zero-order chi connectivity index (χ0) is 10.2. The van der Waals surface area contributed by atoms with Crippen LogP contribution in [-0.2, 0) is 6.42 Å². The predicted octanol–water partition coefficient (Wildman–Crippen LogP) is 3.46. The van der Waals surface area contributed by atoms with Gasteiger partial charge in [-0.1, -0.05) is 18.5 Å². The zero-order valence-corrected chi connectivity index (χ0v) is 7.35. The van der Waals surface area contributed by atoms with Gasteiger partial charge < -0.3 is 0 Å². The molecule has 0 aromatic heterocycles. The lowest BCUT2D eigenvalue weighted by Crippen LogP contribution is -2.02. The summed E-state index contributed by atoms with van der Waals surface area (Å²) < 4.78 is 51.1. The molecular formula is C8H5ClF4. The highest BCUT2D eigenvalue weighted by atomic mass is 35.5. The Hall–Kier alpha value is -0.770. The molecule has 0 N–H and O–H groups in total. The average molecular weight is 213 g/mol. The van der Waals surface area contributed by atoms with Crippen LogP contribution in [0, 0.1) is 23.3 Å². The minimum atomic E-state index is -1.54. The third-order valence-electron chi connectivity index (χ3n) is 1.65. The van der Waals surface area contributed by atoms with Crippen LogP contribution < -0.4 is 0 Å². The van der Waals surface area contributed by atoms with Crippen molar-refractivity contribution in [1.82, 2.24) is 0 Å². The molecule has 1 aromatic rings. The van der Waals surface area contributed by atoms with Crippen molar-refractivity contribution in [2.75, 3.05) is 0 Å². The zero-order valence-electron chi connectivity index (χ0n) is 6.60. The lowest BCUT2D eigenvalue weighted by molar-refractivity contribution is 0.441. The van der Waals surface area contributed by atoms with Gasteiger partial charge >= 0.3 is 0 Å². The van der Waals surface area contributed by atoms with Crippen molar-refractivity contribution in [2.24, 2.45) is 0 Å². The van der Waals surface area contributed by atoms with Crippen molar-refractivity contribution >= 4 is 11.6 Å². The molecule has 0 radical (unpaired) electrons. The fourth-order valence-electron chi connectivity index (χ4n) is 0.961. The Morgan fingerprint density at radius 2 is 1.31 bits per heavy atom. The van der Waals surface area contributed by atoms with Crippen LogP contribution in [0.5, 0.6) is 0 Å². The molecule has 72 valence electrons. The molecule has 0 amide bonds. The number of rotatable bonds is 1. The van der Waals surface area contributed by atoms with Crippen LogP contribution in [0.4, 0.5) is 17.6 Å². The summed E-state index contributed by atoms with van der Waals surface area (Å²) in [5.41, 5.74) is -0.626. The summed E-state index contributed by atoms with van der Waals surface area (Å²) in [5, 5.41) is -1.15. The second kappa shape index (κ2) is 3.54. The van der Waals surface area contributed by atoms with E-state index in [0.29, 0.717) is 0 Å². The SMILES string of the molecule is CCc1c(F)c(F)c(Cl)c(F)c1F. The minimum absolute atomic E-state index is 0.136. The van der Waals surface area contributed by atoms with Crippen molar-refractivity contribution < 1.29 is 17.6 Å². The molecule has 0 aliphatic carbocycles. The van der Waals surface area contributed by atoms with Crippen LogP contribution in [-0.4, -0.2) is 0 Å². The molecule has 0 aliphatic heterocycles. The maximum absolute atomic E-state index is 12.8. The van der Waals surface area contributed by atoms with Gasteiger partial charge in [-0.25, -0.2) is 17.6 Å². The topological polar surface area (TPSA) is 0 Å². The summed E-state index contributed by atoms with van der Waals surface area (Å²) in [5.74, 6) is -5.94. The first-order chi connectivity index (χ1) is 6.00. The molecule has 0 nitrogen and oxygen atoms in total. The molecule has 0 unspecified atom stereocenters. The van der Waals surface area contributed by atoms with Gasteiger partial charge in [0.25, 0.3) is 0 Å². The third kappa shape index (κ3) is 1.50. The van der Waals surface area contributed by atoms with E-state index in [1.54, 1.807) is 0 Å². The fourth-order valence-corrected chi connectivity index (χ4v) is 1.13. The summed E-state index contributed by atoms with van der Waals surface area (Å²) in [6.07, 6.45) is -0.136. The first-order valence-corrected chi connectivity index (χ1v) is 3.88. The maximum atomic E-state index is 12.8. The van der Waals surface area contributed by atoms with Gasteiger partial charge in [-0.05, 0) is 6.42 Å². The van der Waals surface area contributed by atoms with E-state index in [1.165, 1.54) is 6.92 Å². The van der Waals surface area contributed by atoms with Crippen LogP contribution in [0.3, 0.4) is 0 Å². The smallest absolute Gasteiger partial charge is 0.180 e. The van der Waals surface area contributed by atoms with Gasteiger partial charge in [-0.15, -0.1) is 0 Å². The standard InChI is InChI=1S/C8H5ClF4/c1-2-3-5(10)7(12)4(9)8(13)6(3)11/h2H2,1H3. The highest BCUT2D eigenvalue weighted by Crippen LogP contribution is 2.27. The molecule has 0 saturated carbocycles.